The maximum Gasteiger partial charge on any atom is 0.249 e. The van der Waals surface area contributed by atoms with E-state index in [9.17, 15) is 14.4 Å². The Kier molecular flexibility index (Phi) is 3.57. The summed E-state index contributed by atoms with van der Waals surface area (Å²) < 4.78 is 5.02. The molecule has 0 radical (unpaired) electrons. The van der Waals surface area contributed by atoms with E-state index in [-0.39, 0.29) is 12.3 Å². The number of carbonyl (C=O) groups is 3. The van der Waals surface area contributed by atoms with Crippen LogP contribution < -0.4 is 10.6 Å². The lowest BCUT2D eigenvalue weighted by atomic mass is 10.1. The van der Waals surface area contributed by atoms with Gasteiger partial charge >= 0.3 is 0 Å². The highest BCUT2D eigenvalue weighted by Gasteiger charge is 2.27. The summed E-state index contributed by atoms with van der Waals surface area (Å²) in [4.78, 5) is 33.8. The minimum absolute atomic E-state index is 0.235. The Morgan fingerprint density at radius 3 is 3.00 bits per heavy atom. The van der Waals surface area contributed by atoms with E-state index in [0.29, 0.717) is 12.2 Å². The number of imide groups is 1. The van der Waals surface area contributed by atoms with Gasteiger partial charge in [0.15, 0.2) is 0 Å². The molecule has 1 fully saturated rings. The molecule has 1 unspecified atom stereocenters. The summed E-state index contributed by atoms with van der Waals surface area (Å²) in [5, 5.41) is 4.69. The molecule has 0 bridgehead atoms. The van der Waals surface area contributed by atoms with Gasteiger partial charge in [0.05, 0.1) is 6.26 Å². The topological polar surface area (TPSA) is 88.4 Å². The van der Waals surface area contributed by atoms with Gasteiger partial charge in [0, 0.05) is 12.5 Å². The molecule has 18 heavy (non-hydrogen) atoms. The van der Waals surface area contributed by atoms with Crippen LogP contribution in [0.5, 0.6) is 0 Å². The lowest BCUT2D eigenvalue weighted by Gasteiger charge is -2.20. The van der Waals surface area contributed by atoms with E-state index in [2.05, 4.69) is 10.6 Å². The van der Waals surface area contributed by atoms with Crippen molar-refractivity contribution in [2.75, 3.05) is 0 Å². The highest BCUT2D eigenvalue weighted by Crippen LogP contribution is 2.05. The molecule has 1 aromatic rings. The van der Waals surface area contributed by atoms with Crippen molar-refractivity contribution in [3.05, 3.63) is 30.2 Å². The van der Waals surface area contributed by atoms with Crippen molar-refractivity contribution in [1.29, 1.82) is 0 Å². The number of rotatable bonds is 3. The first-order chi connectivity index (χ1) is 8.65. The molecule has 0 saturated carbocycles. The molecule has 94 valence electrons. The summed E-state index contributed by atoms with van der Waals surface area (Å²) >= 11 is 0. The highest BCUT2D eigenvalue weighted by atomic mass is 16.3. The zero-order valence-corrected chi connectivity index (χ0v) is 9.51. The maximum atomic E-state index is 11.5. The zero-order valence-electron chi connectivity index (χ0n) is 9.51. The Labute approximate surface area is 103 Å². The van der Waals surface area contributed by atoms with Crippen LogP contribution >= 0.6 is 0 Å². The summed E-state index contributed by atoms with van der Waals surface area (Å²) in [6, 6.07) is 2.75. The average Bonchev–Trinajstić information content (AvgIpc) is 2.83. The first kappa shape index (κ1) is 12.1. The van der Waals surface area contributed by atoms with E-state index < -0.39 is 17.9 Å². The first-order valence-electron chi connectivity index (χ1n) is 5.51. The van der Waals surface area contributed by atoms with Crippen LogP contribution in [-0.2, 0) is 14.4 Å². The Balaban J connectivity index is 1.88. The van der Waals surface area contributed by atoms with E-state index in [1.807, 2.05) is 0 Å². The van der Waals surface area contributed by atoms with Crippen molar-refractivity contribution in [3.8, 4) is 0 Å². The summed E-state index contributed by atoms with van der Waals surface area (Å²) in [6.45, 7) is 0. The minimum atomic E-state index is -0.656. The third-order valence-corrected chi connectivity index (χ3v) is 2.50. The molecule has 2 heterocycles. The molecule has 2 rings (SSSR count). The standard InChI is InChI=1S/C12H12N2O4/c15-10(5-3-8-2-1-7-18-8)13-9-4-6-11(16)14-12(9)17/h1-3,5,7,9H,4,6H2,(H,13,15)(H,14,16,17). The van der Waals surface area contributed by atoms with Gasteiger partial charge in [0.25, 0.3) is 0 Å². The Hall–Kier alpha value is -2.37. The second kappa shape index (κ2) is 5.31. The number of piperidine rings is 1. The lowest BCUT2D eigenvalue weighted by molar-refractivity contribution is -0.136. The van der Waals surface area contributed by atoms with Gasteiger partial charge in [-0.25, -0.2) is 0 Å². The fraction of sp³-hybridized carbons (Fsp3) is 0.250. The molecule has 6 heteroatoms. The predicted octanol–water partition coefficient (Wildman–Crippen LogP) is 0.214. The molecule has 0 spiro atoms. The van der Waals surface area contributed by atoms with Gasteiger partial charge in [0.2, 0.25) is 17.7 Å². The van der Waals surface area contributed by atoms with Crippen molar-refractivity contribution in [2.45, 2.75) is 18.9 Å². The highest BCUT2D eigenvalue weighted by molar-refractivity contribution is 6.03. The monoisotopic (exact) mass is 248 g/mol. The normalized spacial score (nSPS) is 19.9. The van der Waals surface area contributed by atoms with E-state index in [1.54, 1.807) is 12.1 Å². The van der Waals surface area contributed by atoms with Gasteiger partial charge in [-0.15, -0.1) is 0 Å². The molecule has 1 saturated heterocycles. The second-order valence-electron chi connectivity index (χ2n) is 3.86. The molecule has 1 atom stereocenters. The van der Waals surface area contributed by atoms with Gasteiger partial charge in [-0.05, 0) is 24.6 Å². The number of amides is 3. The van der Waals surface area contributed by atoms with E-state index >= 15 is 0 Å². The van der Waals surface area contributed by atoms with Crippen molar-refractivity contribution >= 4 is 23.8 Å². The fourth-order valence-electron chi connectivity index (χ4n) is 1.60. The van der Waals surface area contributed by atoms with Crippen LogP contribution in [0.1, 0.15) is 18.6 Å². The molecule has 0 aromatic carbocycles. The third kappa shape index (κ3) is 3.07. The summed E-state index contributed by atoms with van der Waals surface area (Å²) in [5.74, 6) is -0.628. The molecule has 1 aliphatic rings. The summed E-state index contributed by atoms with van der Waals surface area (Å²) in [6.07, 6.45) is 4.84. The van der Waals surface area contributed by atoms with Gasteiger partial charge in [-0.2, -0.15) is 0 Å². The predicted molar refractivity (Wildman–Crippen MR) is 62.1 cm³/mol. The van der Waals surface area contributed by atoms with Crippen LogP contribution in [0.4, 0.5) is 0 Å². The Bertz CT molecular complexity index is 490. The van der Waals surface area contributed by atoms with Crippen molar-refractivity contribution in [3.63, 3.8) is 0 Å². The van der Waals surface area contributed by atoms with E-state index in [1.165, 1.54) is 18.4 Å². The maximum absolute atomic E-state index is 11.5. The van der Waals surface area contributed by atoms with Crippen LogP contribution in [0, 0.1) is 0 Å². The molecule has 6 nitrogen and oxygen atoms in total. The van der Waals surface area contributed by atoms with Crippen molar-refractivity contribution < 1.29 is 18.8 Å². The van der Waals surface area contributed by atoms with Crippen LogP contribution in [0.15, 0.2) is 28.9 Å². The fourth-order valence-corrected chi connectivity index (χ4v) is 1.60. The second-order valence-corrected chi connectivity index (χ2v) is 3.86. The molecule has 2 N–H and O–H groups in total. The lowest BCUT2D eigenvalue weighted by Crippen LogP contribution is -2.51. The number of hydrogen-bond acceptors (Lipinski definition) is 4. The number of furan rings is 1. The Morgan fingerprint density at radius 1 is 1.50 bits per heavy atom. The smallest absolute Gasteiger partial charge is 0.249 e. The largest absolute Gasteiger partial charge is 0.465 e. The third-order valence-electron chi connectivity index (χ3n) is 2.50. The molecule has 3 amide bonds. The zero-order chi connectivity index (χ0) is 13.0. The molecular weight excluding hydrogens is 236 g/mol. The first-order valence-corrected chi connectivity index (χ1v) is 5.51. The SMILES string of the molecule is O=C(C=Cc1ccco1)NC1CCC(=O)NC1=O. The molecule has 1 aromatic heterocycles. The van der Waals surface area contributed by atoms with Gasteiger partial charge in [-0.1, -0.05) is 0 Å². The van der Waals surface area contributed by atoms with Gasteiger partial charge in [-0.3, -0.25) is 19.7 Å². The summed E-state index contributed by atoms with van der Waals surface area (Å²) in [7, 11) is 0. The Morgan fingerprint density at radius 2 is 2.33 bits per heavy atom. The molecule has 1 aliphatic heterocycles. The van der Waals surface area contributed by atoms with Gasteiger partial charge in [0.1, 0.15) is 11.8 Å². The van der Waals surface area contributed by atoms with Crippen LogP contribution in [0.3, 0.4) is 0 Å². The van der Waals surface area contributed by atoms with Crippen LogP contribution in [0.2, 0.25) is 0 Å². The number of carbonyl (C=O) groups excluding carboxylic acids is 3. The van der Waals surface area contributed by atoms with Crippen LogP contribution in [0.25, 0.3) is 6.08 Å². The van der Waals surface area contributed by atoms with Crippen LogP contribution in [-0.4, -0.2) is 23.8 Å². The summed E-state index contributed by atoms with van der Waals surface area (Å²) in [5.41, 5.74) is 0. The number of hydrogen-bond donors (Lipinski definition) is 2. The quantitative estimate of drug-likeness (QED) is 0.591. The molecule has 0 aliphatic carbocycles. The molecular formula is C12H12N2O4. The van der Waals surface area contributed by atoms with E-state index in [0.717, 1.165) is 0 Å². The number of nitrogens with one attached hydrogen (secondary N) is 2. The minimum Gasteiger partial charge on any atom is -0.465 e. The van der Waals surface area contributed by atoms with Gasteiger partial charge < -0.3 is 9.73 Å². The van der Waals surface area contributed by atoms with Crippen molar-refractivity contribution in [2.24, 2.45) is 0 Å². The van der Waals surface area contributed by atoms with E-state index in [4.69, 9.17) is 4.42 Å². The average molecular weight is 248 g/mol. The van der Waals surface area contributed by atoms with Crippen molar-refractivity contribution in [1.82, 2.24) is 10.6 Å².